The lowest BCUT2D eigenvalue weighted by atomic mass is 10.6. The van der Waals surface area contributed by atoms with Crippen molar-refractivity contribution < 1.29 is 17.2 Å². The third-order valence-corrected chi connectivity index (χ3v) is 5.48. The van der Waals surface area contributed by atoms with Crippen molar-refractivity contribution >= 4 is 21.5 Å². The van der Waals surface area contributed by atoms with E-state index < -0.39 is 21.5 Å². The maximum atomic E-state index is 12.0. The van der Waals surface area contributed by atoms with Crippen LogP contribution in [0.2, 0.25) is 0 Å². The molecule has 0 saturated heterocycles. The molecule has 0 bridgehead atoms. The Morgan fingerprint density at radius 1 is 1.27 bits per heavy atom. The Hall–Kier alpha value is -1.60. The third-order valence-electron chi connectivity index (χ3n) is 2.72. The average Bonchev–Trinajstić information content (AvgIpc) is 3.10. The Labute approximate surface area is 130 Å². The van der Waals surface area contributed by atoms with Crippen LogP contribution in [-0.2, 0) is 34.6 Å². The maximum Gasteiger partial charge on any atom is 0.289 e. The fourth-order valence-electron chi connectivity index (χ4n) is 1.68. The predicted octanol–water partition coefficient (Wildman–Crippen LogP) is -1.29. The summed E-state index contributed by atoms with van der Waals surface area (Å²) in [4.78, 5) is 3.80. The first-order valence-electron chi connectivity index (χ1n) is 6.29. The topological polar surface area (TPSA) is 125 Å². The van der Waals surface area contributed by atoms with E-state index in [0.717, 1.165) is 0 Å². The molecule has 12 heteroatoms. The highest BCUT2D eigenvalue weighted by molar-refractivity contribution is 7.98. The zero-order valence-corrected chi connectivity index (χ0v) is 13.1. The van der Waals surface area contributed by atoms with E-state index >= 15 is 0 Å². The fourth-order valence-corrected chi connectivity index (χ4v) is 3.53. The molecule has 2 heterocycles. The molecule has 0 aliphatic rings. The SMILES string of the molecule is O=S([O-])N(CCn1ccnc1)S(=O)(=O)NCCn1cccn1. The molecule has 2 rings (SSSR count). The number of hydrogen-bond donors (Lipinski definition) is 1. The standard InChI is InChI=1S/C10H16N6O4S2/c17-21(18)16(9-8-14-6-3-11-10-14)22(19,20)13-4-7-15-5-1-2-12-15/h1-3,5-6,10,13H,4,7-9H2,(H,17,18)/p-1. The number of nitrogens with zero attached hydrogens (tertiary/aromatic N) is 5. The molecule has 0 aliphatic carbocycles. The molecule has 1 unspecified atom stereocenters. The molecule has 1 atom stereocenters. The van der Waals surface area contributed by atoms with E-state index in [0.29, 0.717) is 10.3 Å². The number of imidazole rings is 1. The zero-order chi connectivity index (χ0) is 16.0. The van der Waals surface area contributed by atoms with E-state index in [4.69, 9.17) is 0 Å². The molecule has 0 aromatic carbocycles. The summed E-state index contributed by atoms with van der Waals surface area (Å²) in [5.41, 5.74) is 0. The Bertz CT molecular complexity index is 685. The second-order valence-electron chi connectivity index (χ2n) is 4.21. The van der Waals surface area contributed by atoms with Gasteiger partial charge in [-0.05, 0) is 6.07 Å². The van der Waals surface area contributed by atoms with Crippen LogP contribution in [0.5, 0.6) is 0 Å². The first-order valence-corrected chi connectivity index (χ1v) is 8.76. The van der Waals surface area contributed by atoms with Crippen molar-refractivity contribution in [2.24, 2.45) is 0 Å². The minimum Gasteiger partial charge on any atom is -0.759 e. The Morgan fingerprint density at radius 2 is 2.09 bits per heavy atom. The summed E-state index contributed by atoms with van der Waals surface area (Å²) in [6, 6.07) is 1.71. The van der Waals surface area contributed by atoms with Crippen LogP contribution in [0.25, 0.3) is 0 Å². The lowest BCUT2D eigenvalue weighted by molar-refractivity contribution is 0.443. The van der Waals surface area contributed by atoms with Crippen LogP contribution in [0.3, 0.4) is 0 Å². The Balaban J connectivity index is 1.91. The van der Waals surface area contributed by atoms with Crippen molar-refractivity contribution in [1.29, 1.82) is 0 Å². The van der Waals surface area contributed by atoms with Crippen molar-refractivity contribution in [3.63, 3.8) is 0 Å². The zero-order valence-electron chi connectivity index (χ0n) is 11.5. The highest BCUT2D eigenvalue weighted by Crippen LogP contribution is 2.02. The van der Waals surface area contributed by atoms with E-state index in [2.05, 4.69) is 14.8 Å². The first kappa shape index (κ1) is 16.8. The number of rotatable bonds is 9. The molecule has 0 saturated carbocycles. The Morgan fingerprint density at radius 3 is 2.68 bits per heavy atom. The molecule has 0 fully saturated rings. The van der Waals surface area contributed by atoms with Crippen LogP contribution in [0.4, 0.5) is 0 Å². The van der Waals surface area contributed by atoms with Gasteiger partial charge in [0, 0.05) is 55.7 Å². The molecule has 0 aliphatic heterocycles. The smallest absolute Gasteiger partial charge is 0.289 e. The maximum absolute atomic E-state index is 12.0. The van der Waals surface area contributed by atoms with Gasteiger partial charge in [0.2, 0.25) is 0 Å². The van der Waals surface area contributed by atoms with Crippen molar-refractivity contribution in [3.8, 4) is 0 Å². The van der Waals surface area contributed by atoms with Crippen LogP contribution >= 0.6 is 0 Å². The quantitative estimate of drug-likeness (QED) is 0.563. The summed E-state index contributed by atoms with van der Waals surface area (Å²) in [7, 11) is -4.13. The summed E-state index contributed by atoms with van der Waals surface area (Å²) >= 11 is -2.90. The van der Waals surface area contributed by atoms with Gasteiger partial charge in [-0.2, -0.15) is 18.2 Å². The van der Waals surface area contributed by atoms with E-state index in [1.165, 1.54) is 17.2 Å². The summed E-state index contributed by atoms with van der Waals surface area (Å²) in [5, 5.41) is 3.92. The number of nitrogens with one attached hydrogen (secondary N) is 1. The molecule has 2 aromatic heterocycles. The fraction of sp³-hybridized carbons (Fsp3) is 0.400. The molecular formula is C10H15N6O4S2-. The van der Waals surface area contributed by atoms with Gasteiger partial charge in [-0.15, -0.1) is 3.71 Å². The van der Waals surface area contributed by atoms with Gasteiger partial charge in [0.25, 0.3) is 10.2 Å². The van der Waals surface area contributed by atoms with Crippen LogP contribution in [0.1, 0.15) is 0 Å². The van der Waals surface area contributed by atoms with Crippen molar-refractivity contribution in [2.45, 2.75) is 13.1 Å². The monoisotopic (exact) mass is 347 g/mol. The van der Waals surface area contributed by atoms with Gasteiger partial charge in [0.05, 0.1) is 12.9 Å². The second-order valence-corrected chi connectivity index (χ2v) is 7.00. The summed E-state index contributed by atoms with van der Waals surface area (Å²) in [5.74, 6) is 0. The average molecular weight is 347 g/mol. The van der Waals surface area contributed by atoms with Crippen LogP contribution in [0.15, 0.2) is 37.2 Å². The van der Waals surface area contributed by atoms with Gasteiger partial charge in [-0.1, -0.05) is 0 Å². The minimum atomic E-state index is -4.13. The lowest BCUT2D eigenvalue weighted by Crippen LogP contribution is -2.44. The number of hydrogen-bond acceptors (Lipinski definition) is 6. The molecular weight excluding hydrogens is 332 g/mol. The van der Waals surface area contributed by atoms with Crippen LogP contribution < -0.4 is 4.72 Å². The van der Waals surface area contributed by atoms with Gasteiger partial charge >= 0.3 is 0 Å². The molecule has 0 spiro atoms. The van der Waals surface area contributed by atoms with E-state index in [-0.39, 0.29) is 19.6 Å². The first-order chi connectivity index (χ1) is 10.5. The molecule has 2 aromatic rings. The van der Waals surface area contributed by atoms with Gasteiger partial charge in [0.1, 0.15) is 0 Å². The van der Waals surface area contributed by atoms with Gasteiger partial charge in [0.15, 0.2) is 0 Å². The predicted molar refractivity (Wildman–Crippen MR) is 77.0 cm³/mol. The van der Waals surface area contributed by atoms with E-state index in [9.17, 15) is 17.2 Å². The minimum absolute atomic E-state index is 0.0305. The largest absolute Gasteiger partial charge is 0.759 e. The molecule has 0 amide bonds. The summed E-state index contributed by atoms with van der Waals surface area (Å²) in [6.07, 6.45) is 7.86. The molecule has 122 valence electrons. The van der Waals surface area contributed by atoms with E-state index in [1.54, 1.807) is 29.2 Å². The molecule has 0 radical (unpaired) electrons. The molecule has 1 N–H and O–H groups in total. The van der Waals surface area contributed by atoms with Crippen molar-refractivity contribution in [2.75, 3.05) is 13.1 Å². The number of aromatic nitrogens is 4. The van der Waals surface area contributed by atoms with Crippen LogP contribution in [-0.4, -0.2) is 53.3 Å². The van der Waals surface area contributed by atoms with Gasteiger partial charge in [-0.3, -0.25) is 8.89 Å². The van der Waals surface area contributed by atoms with Gasteiger partial charge < -0.3 is 9.12 Å². The van der Waals surface area contributed by atoms with Crippen LogP contribution in [0, 0.1) is 0 Å². The Kier molecular flexibility index (Phi) is 5.79. The highest BCUT2D eigenvalue weighted by Gasteiger charge is 2.22. The second kappa shape index (κ2) is 7.60. The lowest BCUT2D eigenvalue weighted by Gasteiger charge is -2.23. The van der Waals surface area contributed by atoms with Crippen molar-refractivity contribution in [1.82, 2.24) is 27.8 Å². The van der Waals surface area contributed by atoms with Crippen molar-refractivity contribution in [3.05, 3.63) is 37.2 Å². The summed E-state index contributed by atoms with van der Waals surface area (Å²) in [6.45, 7) is 0.285. The summed E-state index contributed by atoms with van der Waals surface area (Å²) < 4.78 is 52.1. The molecule has 22 heavy (non-hydrogen) atoms. The third kappa shape index (κ3) is 4.71. The highest BCUT2D eigenvalue weighted by atomic mass is 32.3. The normalized spacial score (nSPS) is 13.5. The van der Waals surface area contributed by atoms with Gasteiger partial charge in [-0.25, -0.2) is 4.98 Å². The molecule has 10 nitrogen and oxygen atoms in total. The van der Waals surface area contributed by atoms with E-state index in [1.807, 2.05) is 0 Å².